The number of ether oxygens (including phenoxy) is 1. The molecule has 2 aromatic carbocycles. The zero-order valence-electron chi connectivity index (χ0n) is 11.9. The van der Waals surface area contributed by atoms with Crippen molar-refractivity contribution in [2.75, 3.05) is 0 Å². The van der Waals surface area contributed by atoms with Crippen molar-refractivity contribution in [2.24, 2.45) is 5.73 Å². The topological polar surface area (TPSA) is 35.2 Å². The van der Waals surface area contributed by atoms with Crippen LogP contribution in [0.15, 0.2) is 42.5 Å². The Morgan fingerprint density at radius 2 is 1.85 bits per heavy atom. The molecule has 0 fully saturated rings. The summed E-state index contributed by atoms with van der Waals surface area (Å²) < 4.78 is 6.00. The molecule has 2 heteroatoms. The molecule has 0 aromatic heterocycles. The van der Waals surface area contributed by atoms with Crippen molar-refractivity contribution < 1.29 is 4.74 Å². The van der Waals surface area contributed by atoms with E-state index < -0.39 is 0 Å². The van der Waals surface area contributed by atoms with E-state index in [0.717, 1.165) is 25.0 Å². The molecule has 1 aliphatic carbocycles. The Kier molecular flexibility index (Phi) is 3.75. The van der Waals surface area contributed by atoms with E-state index in [-0.39, 0.29) is 6.04 Å². The largest absolute Gasteiger partial charge is 0.489 e. The molecule has 1 aliphatic rings. The van der Waals surface area contributed by atoms with Crippen molar-refractivity contribution in [3.05, 3.63) is 64.7 Å². The summed E-state index contributed by atoms with van der Waals surface area (Å²) in [4.78, 5) is 0. The van der Waals surface area contributed by atoms with Crippen molar-refractivity contribution in [1.29, 1.82) is 0 Å². The van der Waals surface area contributed by atoms with Crippen LogP contribution in [-0.4, -0.2) is 0 Å². The molecule has 0 aliphatic heterocycles. The highest BCUT2D eigenvalue weighted by atomic mass is 16.5. The van der Waals surface area contributed by atoms with Crippen LogP contribution in [0.1, 0.15) is 41.6 Å². The Bertz CT molecular complexity index is 589. The van der Waals surface area contributed by atoms with Crippen LogP contribution in [0.25, 0.3) is 0 Å². The van der Waals surface area contributed by atoms with E-state index >= 15 is 0 Å². The lowest BCUT2D eigenvalue weighted by molar-refractivity contribution is 0.303. The summed E-state index contributed by atoms with van der Waals surface area (Å²) >= 11 is 0. The number of rotatable bonds is 4. The molecule has 2 N–H and O–H groups in total. The number of aryl methyl sites for hydroxylation is 1. The summed E-state index contributed by atoms with van der Waals surface area (Å²) in [5.41, 5.74) is 11.2. The quantitative estimate of drug-likeness (QED) is 0.915. The third kappa shape index (κ3) is 2.56. The van der Waals surface area contributed by atoms with Crippen molar-refractivity contribution in [1.82, 2.24) is 0 Å². The lowest BCUT2D eigenvalue weighted by Gasteiger charge is -2.12. The highest BCUT2D eigenvalue weighted by Gasteiger charge is 2.21. The van der Waals surface area contributed by atoms with Crippen LogP contribution in [0.3, 0.4) is 0 Å². The van der Waals surface area contributed by atoms with Crippen LogP contribution >= 0.6 is 0 Å². The van der Waals surface area contributed by atoms with Crippen LogP contribution < -0.4 is 10.5 Å². The van der Waals surface area contributed by atoms with Crippen LogP contribution in [-0.2, 0) is 19.4 Å². The van der Waals surface area contributed by atoms with E-state index in [4.69, 9.17) is 10.5 Å². The van der Waals surface area contributed by atoms with Gasteiger partial charge in [-0.3, -0.25) is 0 Å². The van der Waals surface area contributed by atoms with Crippen molar-refractivity contribution in [3.8, 4) is 5.75 Å². The van der Waals surface area contributed by atoms with Gasteiger partial charge in [-0.05, 0) is 47.6 Å². The van der Waals surface area contributed by atoms with Crippen LogP contribution in [0.4, 0.5) is 0 Å². The van der Waals surface area contributed by atoms with Gasteiger partial charge in [0.1, 0.15) is 12.4 Å². The first-order valence-electron chi connectivity index (χ1n) is 7.36. The lowest BCUT2D eigenvalue weighted by Crippen LogP contribution is -2.05. The SMILES string of the molecule is CCc1ccc(COc2cccc3c2CCC3N)cc1. The third-order valence-corrected chi connectivity index (χ3v) is 4.10. The van der Waals surface area contributed by atoms with E-state index in [0.29, 0.717) is 6.61 Å². The molecule has 3 rings (SSSR count). The zero-order chi connectivity index (χ0) is 13.9. The monoisotopic (exact) mass is 267 g/mol. The molecular formula is C18H21NO. The summed E-state index contributed by atoms with van der Waals surface area (Å²) in [7, 11) is 0. The van der Waals surface area contributed by atoms with Gasteiger partial charge in [-0.2, -0.15) is 0 Å². The molecule has 2 aromatic rings. The average molecular weight is 267 g/mol. The number of hydrogen-bond donors (Lipinski definition) is 1. The average Bonchev–Trinajstić information content (AvgIpc) is 2.88. The van der Waals surface area contributed by atoms with E-state index in [2.05, 4.69) is 43.3 Å². The lowest BCUT2D eigenvalue weighted by atomic mass is 10.1. The second-order valence-electron chi connectivity index (χ2n) is 5.43. The maximum Gasteiger partial charge on any atom is 0.123 e. The second-order valence-corrected chi connectivity index (χ2v) is 5.43. The maximum absolute atomic E-state index is 6.10. The minimum Gasteiger partial charge on any atom is -0.489 e. The van der Waals surface area contributed by atoms with Crippen molar-refractivity contribution >= 4 is 0 Å². The summed E-state index contributed by atoms with van der Waals surface area (Å²) in [6.45, 7) is 2.79. The van der Waals surface area contributed by atoms with Crippen LogP contribution in [0, 0.1) is 0 Å². The van der Waals surface area contributed by atoms with Gasteiger partial charge in [0.15, 0.2) is 0 Å². The van der Waals surface area contributed by atoms with Gasteiger partial charge in [-0.25, -0.2) is 0 Å². The highest BCUT2D eigenvalue weighted by Crippen LogP contribution is 2.35. The van der Waals surface area contributed by atoms with Gasteiger partial charge in [-0.1, -0.05) is 43.3 Å². The van der Waals surface area contributed by atoms with E-state index in [9.17, 15) is 0 Å². The van der Waals surface area contributed by atoms with Crippen LogP contribution in [0.2, 0.25) is 0 Å². The molecule has 2 nitrogen and oxygen atoms in total. The molecular weight excluding hydrogens is 246 g/mol. The molecule has 0 bridgehead atoms. The Morgan fingerprint density at radius 1 is 1.10 bits per heavy atom. The fraction of sp³-hybridized carbons (Fsp3) is 0.333. The smallest absolute Gasteiger partial charge is 0.123 e. The Balaban J connectivity index is 1.72. The molecule has 0 saturated heterocycles. The van der Waals surface area contributed by atoms with Crippen molar-refractivity contribution in [3.63, 3.8) is 0 Å². The standard InChI is InChI=1S/C18H21NO/c1-2-13-6-8-14(9-7-13)12-20-18-5-3-4-15-16(18)10-11-17(15)19/h3-9,17H,2,10-12,19H2,1H3. The first-order chi connectivity index (χ1) is 9.78. The van der Waals surface area contributed by atoms with Gasteiger partial charge in [0.25, 0.3) is 0 Å². The van der Waals surface area contributed by atoms with E-state index in [1.807, 2.05) is 6.07 Å². The summed E-state index contributed by atoms with van der Waals surface area (Å²) in [5, 5.41) is 0. The minimum atomic E-state index is 0.178. The highest BCUT2D eigenvalue weighted by molar-refractivity contribution is 5.45. The first kappa shape index (κ1) is 13.2. The fourth-order valence-electron chi connectivity index (χ4n) is 2.82. The van der Waals surface area contributed by atoms with Crippen molar-refractivity contribution in [2.45, 2.75) is 38.8 Å². The van der Waals surface area contributed by atoms with Gasteiger partial charge in [-0.15, -0.1) is 0 Å². The predicted molar refractivity (Wildman–Crippen MR) is 81.8 cm³/mol. The number of fused-ring (bicyclic) bond motifs is 1. The number of hydrogen-bond acceptors (Lipinski definition) is 2. The number of benzene rings is 2. The summed E-state index contributed by atoms with van der Waals surface area (Å²) in [5.74, 6) is 0.995. The molecule has 20 heavy (non-hydrogen) atoms. The normalized spacial score (nSPS) is 17.0. The van der Waals surface area contributed by atoms with Crippen LogP contribution in [0.5, 0.6) is 5.75 Å². The Labute approximate surface area is 120 Å². The second kappa shape index (κ2) is 5.68. The molecule has 0 saturated carbocycles. The van der Waals surface area contributed by atoms with Gasteiger partial charge in [0.2, 0.25) is 0 Å². The molecule has 0 radical (unpaired) electrons. The van der Waals surface area contributed by atoms with Gasteiger partial charge >= 0.3 is 0 Å². The molecule has 0 spiro atoms. The predicted octanol–water partition coefficient (Wildman–Crippen LogP) is 3.77. The number of nitrogens with two attached hydrogens (primary N) is 1. The van der Waals surface area contributed by atoms with Gasteiger partial charge in [0.05, 0.1) is 0 Å². The summed E-state index contributed by atoms with van der Waals surface area (Å²) in [6.07, 6.45) is 3.13. The zero-order valence-corrected chi connectivity index (χ0v) is 11.9. The first-order valence-corrected chi connectivity index (χ1v) is 7.36. The fourth-order valence-corrected chi connectivity index (χ4v) is 2.82. The maximum atomic E-state index is 6.10. The summed E-state index contributed by atoms with van der Waals surface area (Å²) in [6, 6.07) is 15.0. The third-order valence-electron chi connectivity index (χ3n) is 4.10. The molecule has 104 valence electrons. The molecule has 1 unspecified atom stereocenters. The molecule has 0 amide bonds. The molecule has 1 atom stereocenters. The Morgan fingerprint density at radius 3 is 2.60 bits per heavy atom. The Hall–Kier alpha value is -1.80. The molecule has 0 heterocycles. The van der Waals surface area contributed by atoms with Gasteiger partial charge < -0.3 is 10.5 Å². The van der Waals surface area contributed by atoms with E-state index in [1.54, 1.807) is 0 Å². The minimum absolute atomic E-state index is 0.178. The van der Waals surface area contributed by atoms with E-state index in [1.165, 1.54) is 22.3 Å². The van der Waals surface area contributed by atoms with Gasteiger partial charge in [0, 0.05) is 6.04 Å².